The van der Waals surface area contributed by atoms with E-state index in [0.717, 1.165) is 11.1 Å². The minimum absolute atomic E-state index is 0.0145. The molecule has 2 aromatic rings. The van der Waals surface area contributed by atoms with E-state index in [9.17, 15) is 9.90 Å². The number of nitrogens with zero attached hydrogens (tertiary/aromatic N) is 1. The van der Waals surface area contributed by atoms with Crippen LogP contribution < -0.4 is 0 Å². The Hall–Kier alpha value is -2.00. The minimum atomic E-state index is -0.749. The minimum Gasteiger partial charge on any atom is -0.387 e. The zero-order valence-corrected chi connectivity index (χ0v) is 9.08. The maximum Gasteiger partial charge on any atom is 0.173 e. The molecule has 1 aromatic heterocycles. The van der Waals surface area contributed by atoms with Crippen LogP contribution in [0.4, 0.5) is 0 Å². The number of hydrogen-bond donors (Lipinski definition) is 1. The number of aliphatic hydroxyl groups is 1. The monoisotopic (exact) mass is 225 g/mol. The molecule has 2 unspecified atom stereocenters. The maximum absolute atomic E-state index is 12.2. The second kappa shape index (κ2) is 3.79. The molecule has 0 saturated heterocycles. The van der Waals surface area contributed by atoms with Gasteiger partial charge in [-0.2, -0.15) is 0 Å². The standard InChI is InChI=1S/C14H11NO2/c16-13-10-3-1-2-4-11(10)14(17)12(13)9-5-7-15-8-6-9/h1-8,12-13,16H. The van der Waals surface area contributed by atoms with Crippen LogP contribution in [0.1, 0.15) is 33.5 Å². The fourth-order valence-corrected chi connectivity index (χ4v) is 2.37. The molecule has 0 fully saturated rings. The second-order valence-electron chi connectivity index (χ2n) is 4.15. The van der Waals surface area contributed by atoms with Gasteiger partial charge in [0.2, 0.25) is 0 Å². The molecule has 3 nitrogen and oxygen atoms in total. The lowest BCUT2D eigenvalue weighted by molar-refractivity contribution is 0.0872. The highest BCUT2D eigenvalue weighted by Crippen LogP contribution is 2.41. The predicted octanol–water partition coefficient (Wildman–Crippen LogP) is 2.10. The molecule has 0 saturated carbocycles. The quantitative estimate of drug-likeness (QED) is 0.808. The predicted molar refractivity (Wildman–Crippen MR) is 62.7 cm³/mol. The van der Waals surface area contributed by atoms with Gasteiger partial charge >= 0.3 is 0 Å². The summed E-state index contributed by atoms with van der Waals surface area (Å²) >= 11 is 0. The number of aromatic nitrogens is 1. The van der Waals surface area contributed by atoms with Crippen LogP contribution in [-0.4, -0.2) is 15.9 Å². The molecule has 0 bridgehead atoms. The SMILES string of the molecule is O=C1c2ccccc2C(O)C1c1ccncc1. The fourth-order valence-electron chi connectivity index (χ4n) is 2.37. The molecule has 3 rings (SSSR count). The topological polar surface area (TPSA) is 50.2 Å². The van der Waals surface area contributed by atoms with Crippen molar-refractivity contribution in [2.75, 3.05) is 0 Å². The maximum atomic E-state index is 12.2. The molecule has 1 aromatic carbocycles. The van der Waals surface area contributed by atoms with Gasteiger partial charge in [-0.15, -0.1) is 0 Å². The Morgan fingerprint density at radius 2 is 1.76 bits per heavy atom. The van der Waals surface area contributed by atoms with Gasteiger partial charge in [0.15, 0.2) is 5.78 Å². The lowest BCUT2D eigenvalue weighted by Crippen LogP contribution is -2.11. The Bertz CT molecular complexity index is 565. The van der Waals surface area contributed by atoms with Gasteiger partial charge in [-0.25, -0.2) is 0 Å². The van der Waals surface area contributed by atoms with Crippen LogP contribution in [0, 0.1) is 0 Å². The van der Waals surface area contributed by atoms with Crippen LogP contribution in [0.5, 0.6) is 0 Å². The number of pyridine rings is 1. The van der Waals surface area contributed by atoms with Crippen molar-refractivity contribution < 1.29 is 9.90 Å². The van der Waals surface area contributed by atoms with E-state index in [1.165, 1.54) is 0 Å². The van der Waals surface area contributed by atoms with Crippen molar-refractivity contribution in [1.29, 1.82) is 0 Å². The number of ketones is 1. The summed E-state index contributed by atoms with van der Waals surface area (Å²) < 4.78 is 0. The summed E-state index contributed by atoms with van der Waals surface area (Å²) in [7, 11) is 0. The van der Waals surface area contributed by atoms with Crippen molar-refractivity contribution in [3.05, 3.63) is 65.5 Å². The van der Waals surface area contributed by atoms with E-state index in [1.54, 1.807) is 36.7 Å². The van der Waals surface area contributed by atoms with Gasteiger partial charge in [0.05, 0.1) is 12.0 Å². The molecule has 0 spiro atoms. The van der Waals surface area contributed by atoms with Crippen LogP contribution in [0.2, 0.25) is 0 Å². The normalized spacial score (nSPS) is 22.5. The van der Waals surface area contributed by atoms with E-state index in [1.807, 2.05) is 12.1 Å². The third kappa shape index (κ3) is 1.47. The second-order valence-corrected chi connectivity index (χ2v) is 4.15. The van der Waals surface area contributed by atoms with Gasteiger partial charge in [0.1, 0.15) is 0 Å². The molecule has 1 aliphatic rings. The van der Waals surface area contributed by atoms with Crippen molar-refractivity contribution in [3.8, 4) is 0 Å². The summed E-state index contributed by atoms with van der Waals surface area (Å²) in [5.74, 6) is -0.505. The molecule has 84 valence electrons. The van der Waals surface area contributed by atoms with Crippen molar-refractivity contribution >= 4 is 5.78 Å². The lowest BCUT2D eigenvalue weighted by Gasteiger charge is -2.13. The Morgan fingerprint density at radius 1 is 1.06 bits per heavy atom. The largest absolute Gasteiger partial charge is 0.387 e. The van der Waals surface area contributed by atoms with Gasteiger partial charge in [0.25, 0.3) is 0 Å². The molecule has 1 aliphatic carbocycles. The number of aliphatic hydroxyl groups excluding tert-OH is 1. The van der Waals surface area contributed by atoms with Crippen molar-refractivity contribution in [1.82, 2.24) is 4.98 Å². The fraction of sp³-hybridized carbons (Fsp3) is 0.143. The Labute approximate surface area is 98.8 Å². The first-order chi connectivity index (χ1) is 8.29. The van der Waals surface area contributed by atoms with E-state index in [-0.39, 0.29) is 5.78 Å². The Morgan fingerprint density at radius 3 is 2.47 bits per heavy atom. The van der Waals surface area contributed by atoms with Gasteiger partial charge in [-0.1, -0.05) is 24.3 Å². The lowest BCUT2D eigenvalue weighted by atomic mass is 9.94. The molecular formula is C14H11NO2. The summed E-state index contributed by atoms with van der Waals surface area (Å²) in [6.07, 6.45) is 2.53. The van der Waals surface area contributed by atoms with Gasteiger partial charge in [-0.3, -0.25) is 9.78 Å². The molecule has 17 heavy (non-hydrogen) atoms. The number of rotatable bonds is 1. The molecule has 2 atom stereocenters. The van der Waals surface area contributed by atoms with Crippen molar-refractivity contribution in [3.63, 3.8) is 0 Å². The zero-order valence-electron chi connectivity index (χ0n) is 9.08. The Balaban J connectivity index is 2.10. The first kappa shape index (κ1) is 10.2. The van der Waals surface area contributed by atoms with E-state index in [2.05, 4.69) is 4.98 Å². The van der Waals surface area contributed by atoms with E-state index in [4.69, 9.17) is 0 Å². The van der Waals surface area contributed by atoms with Gasteiger partial charge in [0, 0.05) is 18.0 Å². The average Bonchev–Trinajstić information content (AvgIpc) is 2.64. The van der Waals surface area contributed by atoms with Gasteiger partial charge in [-0.05, 0) is 23.3 Å². The number of fused-ring (bicyclic) bond motifs is 1. The highest BCUT2D eigenvalue weighted by atomic mass is 16.3. The zero-order chi connectivity index (χ0) is 11.8. The summed E-state index contributed by atoms with van der Waals surface area (Å²) in [5, 5.41) is 10.2. The Kier molecular flexibility index (Phi) is 2.27. The average molecular weight is 225 g/mol. The smallest absolute Gasteiger partial charge is 0.173 e. The summed E-state index contributed by atoms with van der Waals surface area (Å²) in [6, 6.07) is 10.8. The first-order valence-electron chi connectivity index (χ1n) is 5.50. The van der Waals surface area contributed by atoms with Crippen LogP contribution in [-0.2, 0) is 0 Å². The molecular weight excluding hydrogens is 214 g/mol. The van der Waals surface area contributed by atoms with Crippen LogP contribution in [0.15, 0.2) is 48.8 Å². The van der Waals surface area contributed by atoms with Crippen molar-refractivity contribution in [2.24, 2.45) is 0 Å². The molecule has 3 heteroatoms. The molecule has 0 radical (unpaired) electrons. The highest BCUT2D eigenvalue weighted by molar-refractivity contribution is 6.05. The first-order valence-corrected chi connectivity index (χ1v) is 5.50. The summed E-state index contributed by atoms with van der Waals surface area (Å²) in [6.45, 7) is 0. The summed E-state index contributed by atoms with van der Waals surface area (Å²) in [4.78, 5) is 16.2. The van der Waals surface area contributed by atoms with E-state index >= 15 is 0 Å². The number of Topliss-reactive ketones (excluding diaryl/α,β-unsaturated/α-hetero) is 1. The number of benzene rings is 1. The highest BCUT2D eigenvalue weighted by Gasteiger charge is 2.39. The molecule has 0 aliphatic heterocycles. The molecule has 1 heterocycles. The summed E-state index contributed by atoms with van der Waals surface area (Å²) in [5.41, 5.74) is 2.16. The van der Waals surface area contributed by atoms with E-state index < -0.39 is 12.0 Å². The van der Waals surface area contributed by atoms with E-state index in [0.29, 0.717) is 5.56 Å². The third-order valence-electron chi connectivity index (χ3n) is 3.21. The third-order valence-corrected chi connectivity index (χ3v) is 3.21. The van der Waals surface area contributed by atoms with Crippen LogP contribution in [0.3, 0.4) is 0 Å². The van der Waals surface area contributed by atoms with Gasteiger partial charge < -0.3 is 5.11 Å². The molecule has 1 N–H and O–H groups in total. The van der Waals surface area contributed by atoms with Crippen LogP contribution in [0.25, 0.3) is 0 Å². The number of carbonyl (C=O) groups is 1. The number of carbonyl (C=O) groups excluding carboxylic acids is 1. The number of hydrogen-bond acceptors (Lipinski definition) is 3. The van der Waals surface area contributed by atoms with Crippen LogP contribution >= 0.6 is 0 Å². The van der Waals surface area contributed by atoms with Crippen molar-refractivity contribution in [2.45, 2.75) is 12.0 Å². The molecule has 0 amide bonds.